The van der Waals surface area contributed by atoms with Crippen LogP contribution in [0, 0.1) is 0 Å². The summed E-state index contributed by atoms with van der Waals surface area (Å²) in [7, 11) is 0. The molecule has 3 aromatic heterocycles. The van der Waals surface area contributed by atoms with Gasteiger partial charge in [-0.3, -0.25) is 0 Å². The van der Waals surface area contributed by atoms with Gasteiger partial charge < -0.3 is 14.6 Å². The van der Waals surface area contributed by atoms with Crippen LogP contribution in [0.3, 0.4) is 0 Å². The molecule has 1 aliphatic rings. The third-order valence-electron chi connectivity index (χ3n) is 5.41. The molecule has 1 unspecified atom stereocenters. The predicted octanol–water partition coefficient (Wildman–Crippen LogP) is 4.45. The molecule has 1 fully saturated rings. The lowest BCUT2D eigenvalue weighted by molar-refractivity contribution is -0.0389. The summed E-state index contributed by atoms with van der Waals surface area (Å²) in [5.74, 6) is 0.101. The first kappa shape index (κ1) is 18.6. The second-order valence-corrected chi connectivity index (χ2v) is 9.35. The van der Waals surface area contributed by atoms with Gasteiger partial charge in [-0.05, 0) is 48.6 Å². The maximum atomic E-state index is 11.1. The van der Waals surface area contributed by atoms with Crippen LogP contribution >= 0.6 is 11.3 Å². The number of benzene rings is 1. The summed E-state index contributed by atoms with van der Waals surface area (Å²) in [5, 5.41) is 12.3. The zero-order chi connectivity index (χ0) is 20.0. The average Bonchev–Trinajstić information content (AvgIpc) is 3.33. The monoisotopic (exact) mass is 425 g/mol. The van der Waals surface area contributed by atoms with E-state index in [1.807, 2.05) is 42.6 Å². The molecule has 6 nitrogen and oxygen atoms in total. The molecule has 0 bridgehead atoms. The van der Waals surface area contributed by atoms with Gasteiger partial charge in [0.2, 0.25) is 0 Å². The first-order valence-electron chi connectivity index (χ1n) is 9.35. The zero-order valence-corrected chi connectivity index (χ0v) is 17.1. The van der Waals surface area contributed by atoms with Crippen molar-refractivity contribution in [3.05, 3.63) is 59.4 Å². The molecule has 0 radical (unpaired) electrons. The zero-order valence-electron chi connectivity index (χ0n) is 15.5. The summed E-state index contributed by atoms with van der Waals surface area (Å²) in [6.45, 7) is 0. The number of fused-ring (bicyclic) bond motifs is 1. The van der Waals surface area contributed by atoms with E-state index in [9.17, 15) is 9.32 Å². The number of nitrogens with one attached hydrogen (secondary N) is 1. The number of aromatic nitrogens is 3. The predicted molar refractivity (Wildman–Crippen MR) is 115 cm³/mol. The first-order chi connectivity index (χ1) is 14.0. The minimum Gasteiger partial charge on any atom is -0.383 e. The van der Waals surface area contributed by atoms with Gasteiger partial charge in [0.1, 0.15) is 16.3 Å². The van der Waals surface area contributed by atoms with Crippen molar-refractivity contribution in [2.75, 3.05) is 0 Å². The Balaban J connectivity index is 1.55. The molecule has 29 heavy (non-hydrogen) atoms. The minimum absolute atomic E-state index is 0.101. The molecule has 0 spiro atoms. The Morgan fingerprint density at radius 3 is 2.83 bits per heavy atom. The van der Waals surface area contributed by atoms with E-state index in [0.717, 1.165) is 62.6 Å². The molecule has 8 heteroatoms. The molecule has 1 atom stereocenters. The molecule has 1 aromatic carbocycles. The number of aliphatic hydroxyl groups is 1. The van der Waals surface area contributed by atoms with Crippen LogP contribution in [0.1, 0.15) is 29.8 Å². The summed E-state index contributed by atoms with van der Waals surface area (Å²) in [4.78, 5) is 13.3. The third-order valence-corrected chi connectivity index (χ3v) is 7.21. The highest BCUT2D eigenvalue weighted by Crippen LogP contribution is 2.44. The fraction of sp³-hybridized carbons (Fsp3) is 0.238. The van der Waals surface area contributed by atoms with Gasteiger partial charge in [0.15, 0.2) is 11.1 Å². The van der Waals surface area contributed by atoms with Crippen LogP contribution in [0.25, 0.3) is 32.7 Å². The van der Waals surface area contributed by atoms with Gasteiger partial charge in [-0.1, -0.05) is 18.2 Å². The van der Waals surface area contributed by atoms with Gasteiger partial charge in [0.25, 0.3) is 0 Å². The van der Waals surface area contributed by atoms with E-state index in [0.29, 0.717) is 0 Å². The van der Waals surface area contributed by atoms with Crippen LogP contribution < -0.4 is 0 Å². The highest BCUT2D eigenvalue weighted by atomic mass is 32.2. The van der Waals surface area contributed by atoms with E-state index >= 15 is 0 Å². The van der Waals surface area contributed by atoms with Crippen molar-refractivity contribution < 1.29 is 13.9 Å². The molecular formula is C21H19N3O3S2. The second kappa shape index (κ2) is 7.14. The van der Waals surface area contributed by atoms with Crippen LogP contribution in [0.2, 0.25) is 0 Å². The Bertz CT molecular complexity index is 1230. The van der Waals surface area contributed by atoms with E-state index in [-0.39, 0.29) is 5.75 Å². The van der Waals surface area contributed by atoms with E-state index in [4.69, 9.17) is 4.55 Å². The Labute approximate surface area is 174 Å². The number of nitrogens with zero attached hydrogens (tertiary/aromatic N) is 2. The van der Waals surface area contributed by atoms with E-state index in [1.54, 1.807) is 6.20 Å². The van der Waals surface area contributed by atoms with Crippen LogP contribution in [0.15, 0.2) is 48.8 Å². The molecule has 0 amide bonds. The molecule has 148 valence electrons. The topological polar surface area (TPSA) is 99.1 Å². The maximum Gasteiger partial charge on any atom is 0.157 e. The van der Waals surface area contributed by atoms with Crippen molar-refractivity contribution in [3.8, 4) is 21.7 Å². The fourth-order valence-corrected chi connectivity index (χ4v) is 5.27. The van der Waals surface area contributed by atoms with Gasteiger partial charge in [-0.15, -0.1) is 11.3 Å². The van der Waals surface area contributed by atoms with E-state index in [1.165, 1.54) is 11.3 Å². The van der Waals surface area contributed by atoms with Crippen molar-refractivity contribution in [2.45, 2.75) is 30.6 Å². The number of aromatic amines is 1. The highest BCUT2D eigenvalue weighted by molar-refractivity contribution is 7.78. The summed E-state index contributed by atoms with van der Waals surface area (Å²) in [6, 6.07) is 11.6. The van der Waals surface area contributed by atoms with Gasteiger partial charge in [0, 0.05) is 29.0 Å². The molecule has 0 aliphatic heterocycles. The van der Waals surface area contributed by atoms with Crippen molar-refractivity contribution in [1.82, 2.24) is 15.0 Å². The number of rotatable bonds is 5. The normalized spacial score (nSPS) is 16.6. The van der Waals surface area contributed by atoms with Crippen LogP contribution in [-0.2, 0) is 22.4 Å². The highest BCUT2D eigenvalue weighted by Gasteiger charge is 2.39. The van der Waals surface area contributed by atoms with Crippen molar-refractivity contribution in [3.63, 3.8) is 0 Å². The summed E-state index contributed by atoms with van der Waals surface area (Å²) < 4.78 is 20.3. The summed E-state index contributed by atoms with van der Waals surface area (Å²) in [5.41, 5.74) is 3.67. The Morgan fingerprint density at radius 1 is 1.21 bits per heavy atom. The Morgan fingerprint density at radius 2 is 2.07 bits per heavy atom. The standard InChI is InChI=1S/C21H19N3O3S2/c25-21(6-2-7-21)20-23-11-18(28-20)15-5-8-22-19-16(15)10-17(24-19)14-4-1-3-13(9-14)12-29(26)27/h1,3-5,8-11,25H,2,6-7,12H2,(H,22,24)(H,26,27). The Kier molecular flexibility index (Phi) is 4.59. The number of H-pyrrole nitrogens is 1. The van der Waals surface area contributed by atoms with Crippen LogP contribution in [0.4, 0.5) is 0 Å². The summed E-state index contributed by atoms with van der Waals surface area (Å²) in [6.07, 6.45) is 6.18. The lowest BCUT2D eigenvalue weighted by Crippen LogP contribution is -2.33. The molecule has 4 aromatic rings. The van der Waals surface area contributed by atoms with Gasteiger partial charge in [-0.25, -0.2) is 14.2 Å². The lowest BCUT2D eigenvalue weighted by Gasteiger charge is -2.34. The maximum absolute atomic E-state index is 11.1. The van der Waals surface area contributed by atoms with Crippen molar-refractivity contribution in [1.29, 1.82) is 0 Å². The minimum atomic E-state index is -1.87. The molecule has 0 saturated heterocycles. The van der Waals surface area contributed by atoms with E-state index in [2.05, 4.69) is 15.0 Å². The first-order valence-corrected chi connectivity index (χ1v) is 11.4. The molecule has 5 rings (SSSR count). The number of pyridine rings is 1. The Hall–Kier alpha value is -2.39. The third kappa shape index (κ3) is 3.42. The van der Waals surface area contributed by atoms with Gasteiger partial charge in [-0.2, -0.15) is 0 Å². The number of hydrogen-bond acceptors (Lipinski definition) is 5. The van der Waals surface area contributed by atoms with Gasteiger partial charge >= 0.3 is 0 Å². The van der Waals surface area contributed by atoms with Gasteiger partial charge in [0.05, 0.1) is 10.6 Å². The molecule has 3 N–H and O–H groups in total. The van der Waals surface area contributed by atoms with Crippen molar-refractivity contribution in [2.24, 2.45) is 0 Å². The number of thiazole rings is 1. The lowest BCUT2D eigenvalue weighted by atomic mass is 9.81. The quantitative estimate of drug-likeness (QED) is 0.410. The largest absolute Gasteiger partial charge is 0.383 e. The molecule has 1 aliphatic carbocycles. The molecular weight excluding hydrogens is 406 g/mol. The SMILES string of the molecule is O=S(O)Cc1cccc(-c2cc3c(-c4cnc(C5(O)CCC5)s4)ccnc3[nH]2)c1. The second-order valence-electron chi connectivity index (χ2n) is 7.38. The summed E-state index contributed by atoms with van der Waals surface area (Å²) >= 11 is -0.341. The average molecular weight is 426 g/mol. The van der Waals surface area contributed by atoms with Crippen LogP contribution in [-0.4, -0.2) is 28.8 Å². The smallest absolute Gasteiger partial charge is 0.157 e. The molecule has 3 heterocycles. The fourth-order valence-electron chi connectivity index (χ4n) is 3.71. The van der Waals surface area contributed by atoms with Crippen molar-refractivity contribution >= 4 is 33.5 Å². The van der Waals surface area contributed by atoms with Crippen LogP contribution in [0.5, 0.6) is 0 Å². The number of hydrogen-bond donors (Lipinski definition) is 3. The molecule has 1 saturated carbocycles. The van der Waals surface area contributed by atoms with E-state index < -0.39 is 16.7 Å².